The number of anilines is 2. The number of aromatic nitrogens is 3. The summed E-state index contributed by atoms with van der Waals surface area (Å²) in [4.78, 5) is 23.6. The van der Waals surface area contributed by atoms with Crippen molar-refractivity contribution in [1.82, 2.24) is 14.8 Å². The number of nitrogens with one attached hydrogen (secondary N) is 2. The molecule has 150 valence electrons. The van der Waals surface area contributed by atoms with Gasteiger partial charge in [0.1, 0.15) is 5.82 Å². The van der Waals surface area contributed by atoms with Crippen LogP contribution in [0.5, 0.6) is 0 Å². The van der Waals surface area contributed by atoms with Crippen LogP contribution < -0.4 is 10.6 Å². The van der Waals surface area contributed by atoms with Crippen LogP contribution in [0.1, 0.15) is 13.8 Å². The zero-order valence-corrected chi connectivity index (χ0v) is 17.0. The molecule has 29 heavy (non-hydrogen) atoms. The van der Waals surface area contributed by atoms with E-state index in [-0.39, 0.29) is 17.6 Å². The maximum Gasteiger partial charge on any atom is 0.237 e. The molecule has 0 spiro atoms. The molecule has 3 rings (SSSR count). The minimum Gasteiger partial charge on any atom is -0.326 e. The fourth-order valence-electron chi connectivity index (χ4n) is 2.56. The van der Waals surface area contributed by atoms with Crippen molar-refractivity contribution in [3.05, 3.63) is 54.3 Å². The first-order valence-electron chi connectivity index (χ1n) is 8.84. The molecule has 0 saturated heterocycles. The van der Waals surface area contributed by atoms with E-state index in [0.29, 0.717) is 22.4 Å². The molecule has 9 heteroatoms. The normalized spacial score (nSPS) is 11.7. The average Bonchev–Trinajstić information content (AvgIpc) is 3.04. The third-order valence-corrected chi connectivity index (χ3v) is 5.20. The lowest BCUT2D eigenvalue weighted by Crippen LogP contribution is -2.22. The summed E-state index contributed by atoms with van der Waals surface area (Å²) in [7, 11) is 1.80. The monoisotopic (exact) mass is 413 g/mol. The topological polar surface area (TPSA) is 88.9 Å². The Bertz CT molecular complexity index is 1020. The summed E-state index contributed by atoms with van der Waals surface area (Å²) in [6, 6.07) is 12.9. The first-order chi connectivity index (χ1) is 13.8. The molecule has 0 radical (unpaired) electrons. The zero-order chi connectivity index (χ0) is 21.0. The standard InChI is InChI=1S/C20H20FN5O2S/c1-12(19(28)23-17-10-8-16(9-11-17)22-13(2)27)29-20-25-24-18(26(20)3)14-4-6-15(21)7-5-14/h4-12H,1-3H3,(H,22,27)(H,23,28)/t12-/m0/s1. The highest BCUT2D eigenvalue weighted by Gasteiger charge is 2.19. The van der Waals surface area contributed by atoms with Crippen molar-refractivity contribution in [2.24, 2.45) is 7.05 Å². The lowest BCUT2D eigenvalue weighted by atomic mass is 10.2. The van der Waals surface area contributed by atoms with E-state index in [0.717, 1.165) is 5.56 Å². The lowest BCUT2D eigenvalue weighted by Gasteiger charge is -2.12. The van der Waals surface area contributed by atoms with Gasteiger partial charge in [0, 0.05) is 30.9 Å². The van der Waals surface area contributed by atoms with Crippen molar-refractivity contribution >= 4 is 35.0 Å². The molecule has 0 unspecified atom stereocenters. The number of amides is 2. The predicted octanol–water partition coefficient (Wildman–Crippen LogP) is 3.70. The lowest BCUT2D eigenvalue weighted by molar-refractivity contribution is -0.115. The number of thioether (sulfide) groups is 1. The highest BCUT2D eigenvalue weighted by Crippen LogP contribution is 2.26. The Labute approximate surface area is 171 Å². The summed E-state index contributed by atoms with van der Waals surface area (Å²) in [5, 5.41) is 14.0. The molecule has 7 nitrogen and oxygen atoms in total. The second-order valence-corrected chi connectivity index (χ2v) is 7.69. The molecule has 1 heterocycles. The number of nitrogens with zero attached hydrogens (tertiary/aromatic N) is 3. The zero-order valence-electron chi connectivity index (χ0n) is 16.1. The van der Waals surface area contributed by atoms with Crippen LogP contribution in [0.15, 0.2) is 53.7 Å². The quantitative estimate of drug-likeness (QED) is 0.602. The Balaban J connectivity index is 1.64. The van der Waals surface area contributed by atoms with Gasteiger partial charge in [-0.15, -0.1) is 10.2 Å². The van der Waals surface area contributed by atoms with Gasteiger partial charge in [0.25, 0.3) is 0 Å². The van der Waals surface area contributed by atoms with Gasteiger partial charge in [-0.1, -0.05) is 11.8 Å². The molecular weight excluding hydrogens is 393 g/mol. The molecule has 0 aliphatic heterocycles. The molecule has 2 N–H and O–H groups in total. The minimum atomic E-state index is -0.422. The summed E-state index contributed by atoms with van der Waals surface area (Å²) in [6.45, 7) is 3.21. The molecule has 0 fully saturated rings. The van der Waals surface area contributed by atoms with Crippen LogP contribution in [0.25, 0.3) is 11.4 Å². The minimum absolute atomic E-state index is 0.157. The van der Waals surface area contributed by atoms with E-state index >= 15 is 0 Å². The molecule has 2 aromatic carbocycles. The van der Waals surface area contributed by atoms with Gasteiger partial charge >= 0.3 is 0 Å². The van der Waals surface area contributed by atoms with E-state index in [1.54, 1.807) is 54.9 Å². The summed E-state index contributed by atoms with van der Waals surface area (Å²) < 4.78 is 14.9. The van der Waals surface area contributed by atoms with E-state index in [4.69, 9.17) is 0 Å². The number of hydrogen-bond donors (Lipinski definition) is 2. The largest absolute Gasteiger partial charge is 0.326 e. The van der Waals surface area contributed by atoms with E-state index in [1.807, 2.05) is 0 Å². The Morgan fingerprint density at radius 2 is 1.59 bits per heavy atom. The summed E-state index contributed by atoms with van der Waals surface area (Å²) in [6.07, 6.45) is 0. The van der Waals surface area contributed by atoms with Gasteiger partial charge in [-0.25, -0.2) is 4.39 Å². The van der Waals surface area contributed by atoms with Gasteiger partial charge in [0.2, 0.25) is 11.8 Å². The third-order valence-electron chi connectivity index (χ3n) is 4.06. The second kappa shape index (κ2) is 8.87. The van der Waals surface area contributed by atoms with Crippen LogP contribution in [0.4, 0.5) is 15.8 Å². The SMILES string of the molecule is CC(=O)Nc1ccc(NC(=O)[C@H](C)Sc2nnc(-c3ccc(F)cc3)n2C)cc1. The van der Waals surface area contributed by atoms with E-state index in [1.165, 1.54) is 30.8 Å². The highest BCUT2D eigenvalue weighted by atomic mass is 32.2. The van der Waals surface area contributed by atoms with Crippen LogP contribution in [-0.4, -0.2) is 31.8 Å². The summed E-state index contributed by atoms with van der Waals surface area (Å²) >= 11 is 1.27. The molecule has 0 saturated carbocycles. The van der Waals surface area contributed by atoms with Crippen molar-refractivity contribution in [2.45, 2.75) is 24.3 Å². The van der Waals surface area contributed by atoms with Gasteiger partial charge in [-0.2, -0.15) is 0 Å². The van der Waals surface area contributed by atoms with Gasteiger partial charge in [-0.05, 0) is 55.5 Å². The molecule has 1 atom stereocenters. The average molecular weight is 413 g/mol. The molecule has 0 aliphatic rings. The molecule has 2 amide bonds. The predicted molar refractivity (Wildman–Crippen MR) is 111 cm³/mol. The molecule has 0 aliphatic carbocycles. The Morgan fingerprint density at radius 1 is 1.00 bits per heavy atom. The van der Waals surface area contributed by atoms with Gasteiger partial charge < -0.3 is 15.2 Å². The maximum absolute atomic E-state index is 13.1. The molecule has 0 bridgehead atoms. The van der Waals surface area contributed by atoms with Crippen LogP contribution in [0.2, 0.25) is 0 Å². The summed E-state index contributed by atoms with van der Waals surface area (Å²) in [5.74, 6) is -0.0707. The smallest absolute Gasteiger partial charge is 0.237 e. The number of hydrogen-bond acceptors (Lipinski definition) is 5. The van der Waals surface area contributed by atoms with Crippen molar-refractivity contribution in [1.29, 1.82) is 0 Å². The fraction of sp³-hybridized carbons (Fsp3) is 0.200. The third kappa shape index (κ3) is 5.20. The van der Waals surface area contributed by atoms with E-state index < -0.39 is 5.25 Å². The first-order valence-corrected chi connectivity index (χ1v) is 9.72. The van der Waals surface area contributed by atoms with Crippen LogP contribution in [0, 0.1) is 5.82 Å². The second-order valence-electron chi connectivity index (χ2n) is 6.38. The number of carbonyl (C=O) groups excluding carboxylic acids is 2. The first kappa shape index (κ1) is 20.5. The molecule has 1 aromatic heterocycles. The van der Waals surface area contributed by atoms with Gasteiger partial charge in [0.05, 0.1) is 5.25 Å². The van der Waals surface area contributed by atoms with Gasteiger partial charge in [-0.3, -0.25) is 9.59 Å². The van der Waals surface area contributed by atoms with Crippen molar-refractivity contribution in [2.75, 3.05) is 10.6 Å². The molecular formula is C20H20FN5O2S. The van der Waals surface area contributed by atoms with Gasteiger partial charge in [0.15, 0.2) is 11.0 Å². The van der Waals surface area contributed by atoms with Crippen LogP contribution in [-0.2, 0) is 16.6 Å². The number of carbonyl (C=O) groups is 2. The van der Waals surface area contributed by atoms with Crippen LogP contribution >= 0.6 is 11.8 Å². The highest BCUT2D eigenvalue weighted by molar-refractivity contribution is 8.00. The number of halogens is 1. The van der Waals surface area contributed by atoms with E-state index in [9.17, 15) is 14.0 Å². The van der Waals surface area contributed by atoms with Crippen LogP contribution in [0.3, 0.4) is 0 Å². The fourth-order valence-corrected chi connectivity index (χ4v) is 3.38. The number of benzene rings is 2. The number of rotatable bonds is 6. The van der Waals surface area contributed by atoms with Crippen molar-refractivity contribution < 1.29 is 14.0 Å². The van der Waals surface area contributed by atoms with E-state index in [2.05, 4.69) is 20.8 Å². The Hall–Kier alpha value is -3.20. The van der Waals surface area contributed by atoms with Crippen molar-refractivity contribution in [3.8, 4) is 11.4 Å². The maximum atomic E-state index is 13.1. The Kier molecular flexibility index (Phi) is 6.28. The summed E-state index contributed by atoms with van der Waals surface area (Å²) in [5.41, 5.74) is 2.02. The molecule has 3 aromatic rings. The van der Waals surface area contributed by atoms with Crippen molar-refractivity contribution in [3.63, 3.8) is 0 Å². The Morgan fingerprint density at radius 3 is 2.17 bits per heavy atom.